The normalized spacial score (nSPS) is 11.8. The van der Waals surface area contributed by atoms with Crippen molar-refractivity contribution in [3.05, 3.63) is 33.9 Å². The number of alkyl halides is 3. The quantitative estimate of drug-likeness (QED) is 0.888. The summed E-state index contributed by atoms with van der Waals surface area (Å²) in [6, 6.07) is 0. The number of amides is 1. The van der Waals surface area contributed by atoms with Gasteiger partial charge >= 0.3 is 6.18 Å². The smallest absolute Gasteiger partial charge is 0.352 e. The molecule has 0 saturated heterocycles. The van der Waals surface area contributed by atoms with E-state index in [9.17, 15) is 18.0 Å². The molecule has 0 aliphatic carbocycles. The van der Waals surface area contributed by atoms with E-state index in [0.717, 1.165) is 15.9 Å². The molecule has 0 aliphatic heterocycles. The van der Waals surface area contributed by atoms with Gasteiger partial charge in [-0.05, 0) is 13.8 Å². The van der Waals surface area contributed by atoms with E-state index >= 15 is 0 Å². The summed E-state index contributed by atoms with van der Waals surface area (Å²) < 4.78 is 41.0. The Hall–Kier alpha value is -2.03. The lowest BCUT2D eigenvalue weighted by Crippen LogP contribution is -2.24. The number of hydrogen-bond acceptors (Lipinski definition) is 3. The van der Waals surface area contributed by atoms with E-state index in [1.165, 1.54) is 6.92 Å². The van der Waals surface area contributed by atoms with E-state index in [2.05, 4.69) is 15.5 Å². The number of nitrogens with one attached hydrogen (secondary N) is 1. The van der Waals surface area contributed by atoms with Crippen molar-refractivity contribution >= 4 is 17.5 Å². The summed E-state index contributed by atoms with van der Waals surface area (Å²) in [7, 11) is 1.78. The van der Waals surface area contributed by atoms with Gasteiger partial charge < -0.3 is 5.32 Å². The Morgan fingerprint density at radius 1 is 1.33 bits per heavy atom. The summed E-state index contributed by atoms with van der Waals surface area (Å²) in [4.78, 5) is 11.9. The van der Waals surface area contributed by atoms with Gasteiger partial charge in [-0.2, -0.15) is 23.4 Å². The van der Waals surface area contributed by atoms with Crippen molar-refractivity contribution in [2.24, 2.45) is 7.05 Å². The molecule has 0 atom stereocenters. The molecule has 2 rings (SSSR count). The first-order valence-corrected chi connectivity index (χ1v) is 7.53. The van der Waals surface area contributed by atoms with E-state index in [-0.39, 0.29) is 24.6 Å². The fourth-order valence-corrected chi connectivity index (χ4v) is 2.48. The Morgan fingerprint density at radius 2 is 2.00 bits per heavy atom. The predicted molar refractivity (Wildman–Crippen MR) is 81.4 cm³/mol. The third-order valence-corrected chi connectivity index (χ3v) is 4.00. The summed E-state index contributed by atoms with van der Waals surface area (Å²) in [6.45, 7) is 3.58. The van der Waals surface area contributed by atoms with Crippen LogP contribution in [0, 0.1) is 13.8 Å². The maximum absolute atomic E-state index is 12.7. The predicted octanol–water partition coefficient (Wildman–Crippen LogP) is 2.61. The zero-order chi connectivity index (χ0) is 18.1. The molecular formula is C14H17ClF3N5O. The lowest BCUT2D eigenvalue weighted by molar-refractivity contribution is -0.141. The van der Waals surface area contributed by atoms with Crippen LogP contribution in [0.5, 0.6) is 0 Å². The van der Waals surface area contributed by atoms with Gasteiger partial charge in [0.2, 0.25) is 5.91 Å². The minimum atomic E-state index is -4.62. The number of hydrogen-bond donors (Lipinski definition) is 1. The highest BCUT2D eigenvalue weighted by Crippen LogP contribution is 2.35. The summed E-state index contributed by atoms with van der Waals surface area (Å²) >= 11 is 5.66. The van der Waals surface area contributed by atoms with Crippen LogP contribution in [-0.4, -0.2) is 25.5 Å². The van der Waals surface area contributed by atoms with Gasteiger partial charge in [0.1, 0.15) is 0 Å². The average molecular weight is 364 g/mol. The van der Waals surface area contributed by atoms with E-state index in [4.69, 9.17) is 11.6 Å². The number of aryl methyl sites for hydroxylation is 3. The number of nitrogens with zero attached hydrogens (tertiary/aromatic N) is 4. The Bertz CT molecular complexity index is 750. The maximum Gasteiger partial charge on any atom is 0.436 e. The molecule has 0 saturated carbocycles. The maximum atomic E-state index is 12.7. The van der Waals surface area contributed by atoms with E-state index in [0.29, 0.717) is 6.54 Å². The first-order valence-electron chi connectivity index (χ1n) is 7.15. The van der Waals surface area contributed by atoms with Crippen molar-refractivity contribution in [1.82, 2.24) is 24.9 Å². The molecule has 1 amide bonds. The Balaban J connectivity index is 1.93. The van der Waals surface area contributed by atoms with Gasteiger partial charge in [-0.1, -0.05) is 11.6 Å². The van der Waals surface area contributed by atoms with Crippen LogP contribution in [0.2, 0.25) is 5.02 Å². The number of aromatic nitrogens is 4. The first-order chi connectivity index (χ1) is 11.1. The molecule has 132 valence electrons. The van der Waals surface area contributed by atoms with Gasteiger partial charge in [0, 0.05) is 31.8 Å². The minimum absolute atomic E-state index is 0.00451. The molecule has 2 aromatic heterocycles. The molecule has 0 unspecified atom stereocenters. The topological polar surface area (TPSA) is 64.7 Å². The second kappa shape index (κ2) is 6.84. The molecule has 0 fully saturated rings. The van der Waals surface area contributed by atoms with Crippen LogP contribution >= 0.6 is 11.6 Å². The van der Waals surface area contributed by atoms with Crippen molar-refractivity contribution in [1.29, 1.82) is 0 Å². The highest BCUT2D eigenvalue weighted by molar-refractivity contribution is 6.31. The lowest BCUT2D eigenvalue weighted by Gasteiger charge is -2.06. The second-order valence-electron chi connectivity index (χ2n) is 5.41. The molecule has 0 aliphatic rings. The van der Waals surface area contributed by atoms with Gasteiger partial charge in [-0.15, -0.1) is 0 Å². The van der Waals surface area contributed by atoms with Crippen LogP contribution in [0.3, 0.4) is 0 Å². The SMILES string of the molecule is Cc1nn(C)cc1CNC(=O)CCn1nc(C(F)(F)F)c(Cl)c1C. The summed E-state index contributed by atoms with van der Waals surface area (Å²) in [6.07, 6.45) is -2.83. The molecule has 0 bridgehead atoms. The third kappa shape index (κ3) is 4.08. The van der Waals surface area contributed by atoms with Gasteiger partial charge in [0.05, 0.1) is 23.0 Å². The van der Waals surface area contributed by atoms with E-state index in [1.807, 2.05) is 6.92 Å². The van der Waals surface area contributed by atoms with Crippen molar-refractivity contribution < 1.29 is 18.0 Å². The number of carbonyl (C=O) groups excluding carboxylic acids is 1. The van der Waals surface area contributed by atoms with Crippen molar-refractivity contribution in [3.63, 3.8) is 0 Å². The largest absolute Gasteiger partial charge is 0.436 e. The van der Waals surface area contributed by atoms with Gasteiger partial charge in [-0.25, -0.2) is 0 Å². The average Bonchev–Trinajstić information content (AvgIpc) is 2.94. The fraction of sp³-hybridized carbons (Fsp3) is 0.500. The molecular weight excluding hydrogens is 347 g/mol. The molecule has 0 spiro atoms. The van der Waals surface area contributed by atoms with Crippen molar-refractivity contribution in [2.45, 2.75) is 39.5 Å². The molecule has 2 heterocycles. The number of rotatable bonds is 5. The lowest BCUT2D eigenvalue weighted by atomic mass is 10.2. The monoisotopic (exact) mass is 363 g/mol. The fourth-order valence-electron chi connectivity index (χ4n) is 2.23. The van der Waals surface area contributed by atoms with Crippen LogP contribution in [-0.2, 0) is 31.1 Å². The molecule has 0 aromatic carbocycles. The highest BCUT2D eigenvalue weighted by Gasteiger charge is 2.38. The van der Waals surface area contributed by atoms with Gasteiger partial charge in [-0.3, -0.25) is 14.2 Å². The van der Waals surface area contributed by atoms with Crippen LogP contribution < -0.4 is 5.32 Å². The van der Waals surface area contributed by atoms with Crippen LogP contribution in [0.4, 0.5) is 13.2 Å². The highest BCUT2D eigenvalue weighted by atomic mass is 35.5. The number of halogens is 4. The minimum Gasteiger partial charge on any atom is -0.352 e. The number of carbonyl (C=O) groups is 1. The zero-order valence-electron chi connectivity index (χ0n) is 13.4. The summed E-state index contributed by atoms with van der Waals surface area (Å²) in [5, 5.41) is 9.88. The van der Waals surface area contributed by atoms with Gasteiger partial charge in [0.15, 0.2) is 5.69 Å². The van der Waals surface area contributed by atoms with E-state index < -0.39 is 16.9 Å². The molecule has 1 N–H and O–H groups in total. The van der Waals surface area contributed by atoms with Crippen LogP contribution in [0.25, 0.3) is 0 Å². The Kier molecular flexibility index (Phi) is 5.22. The van der Waals surface area contributed by atoms with Gasteiger partial charge in [0.25, 0.3) is 0 Å². The second-order valence-corrected chi connectivity index (χ2v) is 5.79. The Labute approximate surface area is 141 Å². The van der Waals surface area contributed by atoms with Crippen LogP contribution in [0.1, 0.15) is 29.1 Å². The molecule has 24 heavy (non-hydrogen) atoms. The molecule has 6 nitrogen and oxygen atoms in total. The van der Waals surface area contributed by atoms with Crippen molar-refractivity contribution in [3.8, 4) is 0 Å². The van der Waals surface area contributed by atoms with E-state index in [1.54, 1.807) is 17.9 Å². The Morgan fingerprint density at radius 3 is 2.50 bits per heavy atom. The third-order valence-electron chi connectivity index (χ3n) is 3.54. The molecule has 0 radical (unpaired) electrons. The molecule has 10 heteroatoms. The first kappa shape index (κ1) is 18.3. The zero-order valence-corrected chi connectivity index (χ0v) is 14.2. The summed E-state index contributed by atoms with van der Waals surface area (Å²) in [5.74, 6) is -0.294. The molecule has 2 aromatic rings. The van der Waals surface area contributed by atoms with Crippen LogP contribution in [0.15, 0.2) is 6.20 Å². The standard InChI is InChI=1S/C14H17ClF3N5O/c1-8-10(7-22(3)20-8)6-19-11(24)4-5-23-9(2)12(15)13(21-23)14(16,17)18/h7H,4-6H2,1-3H3,(H,19,24). The van der Waals surface area contributed by atoms with Crippen molar-refractivity contribution in [2.75, 3.05) is 0 Å². The summed E-state index contributed by atoms with van der Waals surface area (Å²) in [5.41, 5.74) is 0.735.